The minimum absolute atomic E-state index is 0.586. The number of ether oxygens (including phenoxy) is 1. The molecule has 0 saturated carbocycles. The number of hydrogen-bond acceptors (Lipinski definition) is 3. The molecule has 0 fully saturated rings. The molecule has 0 amide bonds. The van der Waals surface area contributed by atoms with Crippen molar-refractivity contribution in [2.24, 2.45) is 0 Å². The number of rotatable bonds is 3. The van der Waals surface area contributed by atoms with Gasteiger partial charge in [0.25, 0.3) is 12.0 Å². The van der Waals surface area contributed by atoms with Crippen molar-refractivity contribution in [2.75, 3.05) is 7.11 Å². The third-order valence-electron chi connectivity index (χ3n) is 1.94. The average molecular weight is 235 g/mol. The minimum atomic E-state index is -3.06. The molecule has 0 spiro atoms. The van der Waals surface area contributed by atoms with E-state index in [-0.39, 0.29) is 0 Å². The molecule has 0 aliphatic rings. The van der Waals surface area contributed by atoms with E-state index in [2.05, 4.69) is 4.74 Å². The van der Waals surface area contributed by atoms with Gasteiger partial charge >= 0.3 is 5.97 Å². The zero-order valence-electron chi connectivity index (χ0n) is 8.22. The van der Waals surface area contributed by atoms with E-state index in [1.54, 1.807) is 0 Å². The minimum Gasteiger partial charge on any atom is -0.469 e. The number of methoxy groups -OCH3 is 1. The van der Waals surface area contributed by atoms with E-state index in [9.17, 15) is 22.8 Å². The standard InChI is InChI=1S/C9H8F3NO3/c1-16-6(14)2-4-7(10)5(8(11)12)3-13-9(4)15/h3,8H,2H2,1H3,(H,13,15). The van der Waals surface area contributed by atoms with Gasteiger partial charge in [-0.25, -0.2) is 13.2 Å². The quantitative estimate of drug-likeness (QED) is 0.800. The second-order valence-corrected chi connectivity index (χ2v) is 2.92. The van der Waals surface area contributed by atoms with Crippen molar-refractivity contribution in [3.8, 4) is 0 Å². The van der Waals surface area contributed by atoms with E-state index in [4.69, 9.17) is 0 Å². The number of H-pyrrole nitrogens is 1. The lowest BCUT2D eigenvalue weighted by Gasteiger charge is -2.05. The normalized spacial score (nSPS) is 10.6. The van der Waals surface area contributed by atoms with Gasteiger partial charge in [0.2, 0.25) is 0 Å². The lowest BCUT2D eigenvalue weighted by molar-refractivity contribution is -0.139. The number of aromatic amines is 1. The van der Waals surface area contributed by atoms with Crippen LogP contribution >= 0.6 is 0 Å². The Kier molecular flexibility index (Phi) is 3.70. The van der Waals surface area contributed by atoms with Gasteiger partial charge < -0.3 is 9.72 Å². The summed E-state index contributed by atoms with van der Waals surface area (Å²) in [6.07, 6.45) is -3.16. The predicted molar refractivity (Wildman–Crippen MR) is 47.7 cm³/mol. The highest BCUT2D eigenvalue weighted by atomic mass is 19.3. The highest BCUT2D eigenvalue weighted by molar-refractivity contribution is 5.72. The monoisotopic (exact) mass is 235 g/mol. The lowest BCUT2D eigenvalue weighted by Crippen LogP contribution is -2.20. The molecule has 0 unspecified atom stereocenters. The fraction of sp³-hybridized carbons (Fsp3) is 0.333. The fourth-order valence-corrected chi connectivity index (χ4v) is 1.10. The Bertz CT molecular complexity index is 456. The van der Waals surface area contributed by atoms with Crippen molar-refractivity contribution < 1.29 is 22.7 Å². The molecular weight excluding hydrogens is 227 g/mol. The molecule has 1 heterocycles. The van der Waals surface area contributed by atoms with Crippen LogP contribution in [0.15, 0.2) is 11.0 Å². The summed E-state index contributed by atoms with van der Waals surface area (Å²) < 4.78 is 42.2. The summed E-state index contributed by atoms with van der Waals surface area (Å²) in [7, 11) is 1.05. The molecule has 1 rings (SSSR count). The highest BCUT2D eigenvalue weighted by Crippen LogP contribution is 2.21. The fourth-order valence-electron chi connectivity index (χ4n) is 1.10. The van der Waals surface area contributed by atoms with Gasteiger partial charge in [-0.3, -0.25) is 9.59 Å². The van der Waals surface area contributed by atoms with Crippen LogP contribution in [-0.2, 0) is 16.0 Å². The first-order chi connectivity index (χ1) is 7.47. The van der Waals surface area contributed by atoms with Gasteiger partial charge in [-0.1, -0.05) is 0 Å². The van der Waals surface area contributed by atoms with Crippen molar-refractivity contribution in [3.05, 3.63) is 33.5 Å². The lowest BCUT2D eigenvalue weighted by atomic mass is 10.1. The van der Waals surface area contributed by atoms with Crippen LogP contribution in [-0.4, -0.2) is 18.1 Å². The van der Waals surface area contributed by atoms with Crippen LogP contribution < -0.4 is 5.56 Å². The molecule has 4 nitrogen and oxygen atoms in total. The molecule has 0 aromatic carbocycles. The maximum Gasteiger partial charge on any atom is 0.310 e. The van der Waals surface area contributed by atoms with Crippen molar-refractivity contribution >= 4 is 5.97 Å². The van der Waals surface area contributed by atoms with Gasteiger partial charge in [-0.15, -0.1) is 0 Å². The Morgan fingerprint density at radius 1 is 1.56 bits per heavy atom. The number of halogens is 3. The molecule has 0 aliphatic carbocycles. The summed E-state index contributed by atoms with van der Waals surface area (Å²) in [6, 6.07) is 0. The number of carbonyl (C=O) groups excluding carboxylic acids is 1. The average Bonchev–Trinajstić information content (AvgIpc) is 2.23. The Morgan fingerprint density at radius 2 is 2.19 bits per heavy atom. The van der Waals surface area contributed by atoms with Gasteiger partial charge in [0, 0.05) is 6.20 Å². The van der Waals surface area contributed by atoms with Crippen molar-refractivity contribution in [1.29, 1.82) is 0 Å². The third-order valence-corrected chi connectivity index (χ3v) is 1.94. The van der Waals surface area contributed by atoms with Gasteiger partial charge in [0.05, 0.1) is 24.7 Å². The topological polar surface area (TPSA) is 59.2 Å². The molecular formula is C9H8F3NO3. The maximum absolute atomic E-state index is 13.4. The molecule has 7 heteroatoms. The summed E-state index contributed by atoms with van der Waals surface area (Å²) in [5.74, 6) is -2.25. The number of carbonyl (C=O) groups is 1. The van der Waals surface area contributed by atoms with E-state index in [1.165, 1.54) is 0 Å². The number of hydrogen-bond donors (Lipinski definition) is 1. The number of alkyl halides is 2. The molecule has 0 atom stereocenters. The number of nitrogens with one attached hydrogen (secondary N) is 1. The van der Waals surface area contributed by atoms with Gasteiger partial charge in [-0.05, 0) is 0 Å². The molecule has 16 heavy (non-hydrogen) atoms. The third kappa shape index (κ3) is 2.41. The largest absolute Gasteiger partial charge is 0.469 e. The zero-order valence-corrected chi connectivity index (χ0v) is 8.22. The smallest absolute Gasteiger partial charge is 0.310 e. The van der Waals surface area contributed by atoms with Crippen LogP contribution in [0.5, 0.6) is 0 Å². The second kappa shape index (κ2) is 4.82. The van der Waals surface area contributed by atoms with E-state index in [0.29, 0.717) is 6.20 Å². The van der Waals surface area contributed by atoms with E-state index in [0.717, 1.165) is 7.11 Å². The maximum atomic E-state index is 13.4. The molecule has 0 radical (unpaired) electrons. The molecule has 1 N–H and O–H groups in total. The van der Waals surface area contributed by atoms with Gasteiger partial charge in [0.1, 0.15) is 5.82 Å². The van der Waals surface area contributed by atoms with Crippen LogP contribution in [0.25, 0.3) is 0 Å². The summed E-state index contributed by atoms with van der Waals surface area (Å²) >= 11 is 0. The van der Waals surface area contributed by atoms with E-state index in [1.807, 2.05) is 4.98 Å². The molecule has 0 bridgehead atoms. The first-order valence-corrected chi connectivity index (χ1v) is 4.22. The summed E-state index contributed by atoms with van der Waals surface area (Å²) in [4.78, 5) is 23.9. The first kappa shape index (κ1) is 12.3. The molecule has 1 aromatic heterocycles. The number of esters is 1. The molecule has 0 saturated heterocycles. The molecule has 1 aromatic rings. The summed E-state index contributed by atoms with van der Waals surface area (Å²) in [6.45, 7) is 0. The van der Waals surface area contributed by atoms with Crippen molar-refractivity contribution in [2.45, 2.75) is 12.8 Å². The van der Waals surface area contributed by atoms with E-state index >= 15 is 0 Å². The number of aromatic nitrogens is 1. The Labute approximate surface area is 88.0 Å². The van der Waals surface area contributed by atoms with Crippen LogP contribution in [0.4, 0.5) is 13.2 Å². The van der Waals surface area contributed by atoms with Crippen LogP contribution in [0.1, 0.15) is 17.6 Å². The molecule has 0 aliphatic heterocycles. The SMILES string of the molecule is COC(=O)Cc1c(F)c(C(F)F)c[nH]c1=O. The Balaban J connectivity index is 3.21. The number of pyridine rings is 1. The highest BCUT2D eigenvalue weighted by Gasteiger charge is 2.21. The zero-order chi connectivity index (χ0) is 12.3. The van der Waals surface area contributed by atoms with Crippen LogP contribution in [0.2, 0.25) is 0 Å². The van der Waals surface area contributed by atoms with Gasteiger partial charge in [-0.2, -0.15) is 0 Å². The summed E-state index contributed by atoms with van der Waals surface area (Å²) in [5, 5.41) is 0. The second-order valence-electron chi connectivity index (χ2n) is 2.92. The molecule has 88 valence electrons. The Hall–Kier alpha value is -1.79. The van der Waals surface area contributed by atoms with Gasteiger partial charge in [0.15, 0.2) is 0 Å². The predicted octanol–water partition coefficient (Wildman–Crippen LogP) is 1.17. The Morgan fingerprint density at radius 3 is 2.69 bits per heavy atom. The van der Waals surface area contributed by atoms with Crippen LogP contribution in [0, 0.1) is 5.82 Å². The van der Waals surface area contributed by atoms with Crippen molar-refractivity contribution in [3.63, 3.8) is 0 Å². The van der Waals surface area contributed by atoms with Crippen LogP contribution in [0.3, 0.4) is 0 Å². The van der Waals surface area contributed by atoms with E-state index < -0.39 is 41.3 Å². The summed E-state index contributed by atoms with van der Waals surface area (Å²) in [5.41, 5.74) is -2.52. The first-order valence-electron chi connectivity index (χ1n) is 4.22. The van der Waals surface area contributed by atoms with Crippen molar-refractivity contribution in [1.82, 2.24) is 4.98 Å².